The third-order valence-corrected chi connectivity index (χ3v) is 2.98. The second-order valence-corrected chi connectivity index (χ2v) is 4.55. The molecule has 0 radical (unpaired) electrons. The van der Waals surface area contributed by atoms with Crippen LogP contribution in [0.3, 0.4) is 0 Å². The molecule has 3 nitrogen and oxygen atoms in total. The third kappa shape index (κ3) is 2.39. The van der Waals surface area contributed by atoms with Crippen molar-refractivity contribution in [1.29, 1.82) is 0 Å². The van der Waals surface area contributed by atoms with Gasteiger partial charge in [-0.25, -0.2) is 4.68 Å². The van der Waals surface area contributed by atoms with Gasteiger partial charge in [0.25, 0.3) is 0 Å². The molecule has 1 aromatic heterocycles. The maximum atomic E-state index is 5.59. The molecule has 0 saturated carbocycles. The van der Waals surface area contributed by atoms with Crippen molar-refractivity contribution < 1.29 is 0 Å². The summed E-state index contributed by atoms with van der Waals surface area (Å²) in [6, 6.07) is 6.47. The minimum Gasteiger partial charge on any atom is -0.330 e. The number of aromatic nitrogens is 2. The second kappa shape index (κ2) is 4.72. The lowest BCUT2D eigenvalue weighted by atomic mass is 10.1. The van der Waals surface area contributed by atoms with E-state index >= 15 is 0 Å². The monoisotopic (exact) mass is 229 g/mol. The van der Waals surface area contributed by atoms with E-state index in [1.165, 1.54) is 22.4 Å². The quantitative estimate of drug-likeness (QED) is 0.877. The van der Waals surface area contributed by atoms with Crippen molar-refractivity contribution in [3.8, 4) is 5.69 Å². The van der Waals surface area contributed by atoms with Crippen LogP contribution in [-0.2, 0) is 6.42 Å². The topological polar surface area (TPSA) is 43.8 Å². The first-order valence-corrected chi connectivity index (χ1v) is 5.94. The van der Waals surface area contributed by atoms with Gasteiger partial charge in [-0.1, -0.05) is 6.07 Å². The highest BCUT2D eigenvalue weighted by Crippen LogP contribution is 2.17. The molecule has 0 amide bonds. The lowest BCUT2D eigenvalue weighted by Crippen LogP contribution is -2.05. The Hall–Kier alpha value is -1.61. The van der Waals surface area contributed by atoms with Gasteiger partial charge in [0.05, 0.1) is 11.9 Å². The zero-order chi connectivity index (χ0) is 12.4. The SMILES string of the molecule is Cc1cc(C)cc(-n2ncc(CCN)c2C)c1. The summed E-state index contributed by atoms with van der Waals surface area (Å²) < 4.78 is 1.99. The van der Waals surface area contributed by atoms with Crippen LogP contribution in [0.1, 0.15) is 22.4 Å². The number of aryl methyl sites for hydroxylation is 2. The fourth-order valence-corrected chi connectivity index (χ4v) is 2.18. The molecule has 2 N–H and O–H groups in total. The zero-order valence-corrected chi connectivity index (χ0v) is 10.7. The molecule has 2 aromatic rings. The van der Waals surface area contributed by atoms with E-state index < -0.39 is 0 Å². The van der Waals surface area contributed by atoms with Gasteiger partial charge in [0, 0.05) is 5.69 Å². The molecule has 0 fully saturated rings. The average molecular weight is 229 g/mol. The Morgan fingerprint density at radius 2 is 1.76 bits per heavy atom. The van der Waals surface area contributed by atoms with Crippen LogP contribution in [-0.4, -0.2) is 16.3 Å². The van der Waals surface area contributed by atoms with Crippen molar-refractivity contribution in [3.63, 3.8) is 0 Å². The van der Waals surface area contributed by atoms with E-state index in [0.717, 1.165) is 12.1 Å². The Labute approximate surface area is 102 Å². The summed E-state index contributed by atoms with van der Waals surface area (Å²) in [5.74, 6) is 0. The smallest absolute Gasteiger partial charge is 0.0654 e. The summed E-state index contributed by atoms with van der Waals surface area (Å²) in [5.41, 5.74) is 11.6. The van der Waals surface area contributed by atoms with Crippen LogP contribution in [0, 0.1) is 20.8 Å². The normalized spacial score (nSPS) is 10.8. The van der Waals surface area contributed by atoms with Crippen molar-refractivity contribution in [3.05, 3.63) is 46.8 Å². The van der Waals surface area contributed by atoms with Crippen LogP contribution in [0.15, 0.2) is 24.4 Å². The summed E-state index contributed by atoms with van der Waals surface area (Å²) in [6.07, 6.45) is 2.80. The van der Waals surface area contributed by atoms with Crippen LogP contribution >= 0.6 is 0 Å². The molecule has 90 valence electrons. The lowest BCUT2D eigenvalue weighted by molar-refractivity contribution is 0.839. The largest absolute Gasteiger partial charge is 0.330 e. The Morgan fingerprint density at radius 1 is 1.12 bits per heavy atom. The Bertz CT molecular complexity index is 506. The van der Waals surface area contributed by atoms with Gasteiger partial charge in [0.1, 0.15) is 0 Å². The molecule has 0 bridgehead atoms. The fourth-order valence-electron chi connectivity index (χ4n) is 2.18. The molecule has 0 aliphatic carbocycles. The number of hydrogen-bond donors (Lipinski definition) is 1. The number of hydrogen-bond acceptors (Lipinski definition) is 2. The van der Waals surface area contributed by atoms with E-state index in [0.29, 0.717) is 6.54 Å². The molecule has 0 spiro atoms. The van der Waals surface area contributed by atoms with Crippen molar-refractivity contribution >= 4 is 0 Å². The van der Waals surface area contributed by atoms with Crippen LogP contribution < -0.4 is 5.73 Å². The lowest BCUT2D eigenvalue weighted by Gasteiger charge is -2.08. The third-order valence-electron chi connectivity index (χ3n) is 2.98. The summed E-state index contributed by atoms with van der Waals surface area (Å²) in [7, 11) is 0. The number of nitrogens with zero attached hydrogens (tertiary/aromatic N) is 2. The van der Waals surface area contributed by atoms with E-state index in [2.05, 4.69) is 44.1 Å². The number of benzene rings is 1. The van der Waals surface area contributed by atoms with Gasteiger partial charge >= 0.3 is 0 Å². The Kier molecular flexibility index (Phi) is 3.29. The van der Waals surface area contributed by atoms with Gasteiger partial charge in [-0.05, 0) is 62.6 Å². The maximum Gasteiger partial charge on any atom is 0.0654 e. The van der Waals surface area contributed by atoms with Crippen LogP contribution in [0.4, 0.5) is 0 Å². The Balaban J connectivity index is 2.45. The molecular formula is C14H19N3. The average Bonchev–Trinajstić information content (AvgIpc) is 2.60. The van der Waals surface area contributed by atoms with Gasteiger partial charge in [0.2, 0.25) is 0 Å². The van der Waals surface area contributed by atoms with Gasteiger partial charge in [-0.2, -0.15) is 5.10 Å². The van der Waals surface area contributed by atoms with Gasteiger partial charge in [-0.15, -0.1) is 0 Å². The molecule has 0 unspecified atom stereocenters. The highest BCUT2D eigenvalue weighted by molar-refractivity contribution is 5.41. The number of nitrogens with two attached hydrogens (primary N) is 1. The first kappa shape index (κ1) is 11.9. The van der Waals surface area contributed by atoms with Gasteiger partial charge in [0.15, 0.2) is 0 Å². The molecular weight excluding hydrogens is 210 g/mol. The Morgan fingerprint density at radius 3 is 2.35 bits per heavy atom. The molecule has 0 atom stereocenters. The summed E-state index contributed by atoms with van der Waals surface area (Å²) in [6.45, 7) is 6.97. The van der Waals surface area contributed by atoms with Crippen molar-refractivity contribution in [1.82, 2.24) is 9.78 Å². The van der Waals surface area contributed by atoms with Crippen LogP contribution in [0.2, 0.25) is 0 Å². The van der Waals surface area contributed by atoms with Gasteiger partial charge < -0.3 is 5.73 Å². The zero-order valence-electron chi connectivity index (χ0n) is 10.7. The van der Waals surface area contributed by atoms with E-state index in [9.17, 15) is 0 Å². The van der Waals surface area contributed by atoms with E-state index in [1.807, 2.05) is 10.9 Å². The van der Waals surface area contributed by atoms with Gasteiger partial charge in [-0.3, -0.25) is 0 Å². The number of rotatable bonds is 3. The first-order valence-electron chi connectivity index (χ1n) is 5.94. The molecule has 1 aromatic carbocycles. The highest BCUT2D eigenvalue weighted by atomic mass is 15.3. The predicted octanol–water partition coefficient (Wildman–Crippen LogP) is 2.30. The second-order valence-electron chi connectivity index (χ2n) is 4.55. The maximum absolute atomic E-state index is 5.59. The minimum atomic E-state index is 0.666. The fraction of sp³-hybridized carbons (Fsp3) is 0.357. The van der Waals surface area contributed by atoms with Crippen molar-refractivity contribution in [2.75, 3.05) is 6.54 Å². The van der Waals surface area contributed by atoms with E-state index in [-0.39, 0.29) is 0 Å². The standard InChI is InChI=1S/C14H19N3/c1-10-6-11(2)8-14(7-10)17-12(3)13(4-5-15)9-16-17/h6-9H,4-5,15H2,1-3H3. The highest BCUT2D eigenvalue weighted by Gasteiger charge is 2.07. The minimum absolute atomic E-state index is 0.666. The first-order chi connectivity index (χ1) is 8.11. The van der Waals surface area contributed by atoms with E-state index in [4.69, 9.17) is 5.73 Å². The molecule has 0 aliphatic rings. The molecule has 1 heterocycles. The molecule has 17 heavy (non-hydrogen) atoms. The van der Waals surface area contributed by atoms with E-state index in [1.54, 1.807) is 0 Å². The summed E-state index contributed by atoms with van der Waals surface area (Å²) in [5, 5.41) is 4.45. The molecule has 3 heteroatoms. The van der Waals surface area contributed by atoms with Crippen molar-refractivity contribution in [2.24, 2.45) is 5.73 Å². The van der Waals surface area contributed by atoms with Crippen LogP contribution in [0.5, 0.6) is 0 Å². The summed E-state index contributed by atoms with van der Waals surface area (Å²) in [4.78, 5) is 0. The predicted molar refractivity (Wildman–Crippen MR) is 70.5 cm³/mol. The molecule has 0 aliphatic heterocycles. The van der Waals surface area contributed by atoms with Crippen LogP contribution in [0.25, 0.3) is 5.69 Å². The van der Waals surface area contributed by atoms with Crippen molar-refractivity contribution in [2.45, 2.75) is 27.2 Å². The molecule has 0 saturated heterocycles. The molecule has 2 rings (SSSR count). The summed E-state index contributed by atoms with van der Waals surface area (Å²) >= 11 is 0.